The van der Waals surface area contributed by atoms with E-state index in [1.807, 2.05) is 0 Å². The van der Waals surface area contributed by atoms with Gasteiger partial charge in [-0.15, -0.1) is 0 Å². The Kier molecular flexibility index (Phi) is 5.74. The molecule has 0 saturated carbocycles. The number of nitrogens with zero attached hydrogens (tertiary/aromatic N) is 1. The molecule has 2 aliphatic rings. The number of halogens is 1. The zero-order valence-electron chi connectivity index (χ0n) is 15.9. The number of ether oxygens (including phenoxy) is 2. The quantitative estimate of drug-likeness (QED) is 0.551. The van der Waals surface area contributed by atoms with Crippen LogP contribution in [-0.2, 0) is 19.6 Å². The molecule has 0 unspecified atom stereocenters. The maximum atomic E-state index is 13.3. The molecule has 0 aliphatic carbocycles. The second kappa shape index (κ2) is 8.31. The van der Waals surface area contributed by atoms with Crippen LogP contribution in [0.1, 0.15) is 12.8 Å². The Balaban J connectivity index is 1.57. The van der Waals surface area contributed by atoms with Crippen LogP contribution in [0.3, 0.4) is 0 Å². The minimum atomic E-state index is -4.00. The molecular formula is C20H21FN2O6S. The molecule has 2 saturated heterocycles. The van der Waals surface area contributed by atoms with E-state index in [-0.39, 0.29) is 29.3 Å². The first-order valence-electron chi connectivity index (χ1n) is 9.51. The van der Waals surface area contributed by atoms with Crippen molar-refractivity contribution in [1.82, 2.24) is 9.79 Å². The molecule has 2 heterocycles. The second-order valence-corrected chi connectivity index (χ2v) is 9.11. The molecule has 3 atom stereocenters. The molecule has 0 bridgehead atoms. The van der Waals surface area contributed by atoms with Crippen LogP contribution in [0.25, 0.3) is 0 Å². The molecule has 4 rings (SSSR count). The molecule has 1 amide bonds. The molecule has 2 aromatic rings. The van der Waals surface area contributed by atoms with Crippen LogP contribution in [0.5, 0.6) is 11.5 Å². The summed E-state index contributed by atoms with van der Waals surface area (Å²) in [6.45, 7) is 0.559. The molecule has 2 aliphatic heterocycles. The van der Waals surface area contributed by atoms with Crippen LogP contribution in [0.15, 0.2) is 53.4 Å². The molecule has 10 heteroatoms. The van der Waals surface area contributed by atoms with E-state index in [4.69, 9.17) is 14.7 Å². The van der Waals surface area contributed by atoms with Crippen molar-refractivity contribution in [2.24, 2.45) is 5.92 Å². The number of nitrogens with one attached hydrogen (secondary N) is 1. The minimum absolute atomic E-state index is 0.00191. The molecule has 0 radical (unpaired) electrons. The molecule has 2 N–H and O–H groups in total. The van der Waals surface area contributed by atoms with Gasteiger partial charge in [-0.25, -0.2) is 18.3 Å². The van der Waals surface area contributed by atoms with E-state index in [1.54, 1.807) is 5.48 Å². The molecule has 2 fully saturated rings. The van der Waals surface area contributed by atoms with Gasteiger partial charge >= 0.3 is 0 Å². The van der Waals surface area contributed by atoms with Gasteiger partial charge in [-0.1, -0.05) is 0 Å². The van der Waals surface area contributed by atoms with Gasteiger partial charge < -0.3 is 9.47 Å². The first-order valence-corrected chi connectivity index (χ1v) is 10.9. The fourth-order valence-electron chi connectivity index (χ4n) is 4.05. The first-order chi connectivity index (χ1) is 14.4. The van der Waals surface area contributed by atoms with Gasteiger partial charge in [0.25, 0.3) is 5.91 Å². The molecule has 30 heavy (non-hydrogen) atoms. The lowest BCUT2D eigenvalue weighted by atomic mass is 9.87. The van der Waals surface area contributed by atoms with Crippen LogP contribution < -0.4 is 10.2 Å². The predicted molar refractivity (Wildman–Crippen MR) is 103 cm³/mol. The third kappa shape index (κ3) is 3.91. The fraction of sp³-hybridized carbons (Fsp3) is 0.350. The highest BCUT2D eigenvalue weighted by molar-refractivity contribution is 7.89. The van der Waals surface area contributed by atoms with Crippen molar-refractivity contribution in [2.75, 3.05) is 13.2 Å². The highest BCUT2D eigenvalue weighted by Gasteiger charge is 2.49. The van der Waals surface area contributed by atoms with E-state index in [1.165, 1.54) is 48.5 Å². The van der Waals surface area contributed by atoms with Crippen molar-refractivity contribution < 1.29 is 32.3 Å². The lowest BCUT2D eigenvalue weighted by molar-refractivity contribution is -0.137. The Hall–Kier alpha value is -2.53. The van der Waals surface area contributed by atoms with Crippen LogP contribution in [0.4, 0.5) is 4.39 Å². The van der Waals surface area contributed by atoms with Crippen molar-refractivity contribution in [3.05, 3.63) is 54.3 Å². The largest absolute Gasteiger partial charge is 0.457 e. The van der Waals surface area contributed by atoms with Gasteiger partial charge in [0.1, 0.15) is 23.4 Å². The summed E-state index contributed by atoms with van der Waals surface area (Å²) in [6.07, 6.45) is 0.814. The Bertz CT molecular complexity index is 1010. The third-order valence-electron chi connectivity index (χ3n) is 5.47. The Morgan fingerprint density at radius 2 is 1.73 bits per heavy atom. The minimum Gasteiger partial charge on any atom is -0.457 e. The van der Waals surface area contributed by atoms with Crippen LogP contribution >= 0.6 is 0 Å². The number of amides is 1. The van der Waals surface area contributed by atoms with E-state index in [9.17, 15) is 17.6 Å². The van der Waals surface area contributed by atoms with Gasteiger partial charge in [-0.3, -0.25) is 10.0 Å². The second-order valence-electron chi connectivity index (χ2n) is 7.21. The summed E-state index contributed by atoms with van der Waals surface area (Å²) in [5.74, 6) is -0.679. The zero-order valence-corrected chi connectivity index (χ0v) is 16.7. The van der Waals surface area contributed by atoms with E-state index in [2.05, 4.69) is 0 Å². The number of hydroxylamine groups is 1. The summed E-state index contributed by atoms with van der Waals surface area (Å²) in [5, 5.41) is 9.15. The van der Waals surface area contributed by atoms with Crippen molar-refractivity contribution in [1.29, 1.82) is 0 Å². The van der Waals surface area contributed by atoms with E-state index < -0.39 is 22.0 Å². The number of rotatable bonds is 5. The maximum Gasteiger partial charge on any atom is 0.262 e. The topological polar surface area (TPSA) is 105 Å². The average Bonchev–Trinajstić information content (AvgIpc) is 3.23. The monoisotopic (exact) mass is 436 g/mol. The molecule has 2 aromatic carbocycles. The summed E-state index contributed by atoms with van der Waals surface area (Å²) < 4.78 is 51.8. The van der Waals surface area contributed by atoms with Crippen LogP contribution in [0, 0.1) is 11.7 Å². The van der Waals surface area contributed by atoms with Gasteiger partial charge in [0.15, 0.2) is 0 Å². The Morgan fingerprint density at radius 1 is 1.10 bits per heavy atom. The normalized spacial score (nSPS) is 24.3. The molecular weight excluding hydrogens is 415 g/mol. The van der Waals surface area contributed by atoms with Gasteiger partial charge in [-0.05, 0) is 61.4 Å². The number of fused-ring (bicyclic) bond motifs is 1. The van der Waals surface area contributed by atoms with Crippen molar-refractivity contribution >= 4 is 15.9 Å². The fourth-order valence-corrected chi connectivity index (χ4v) is 5.69. The lowest BCUT2D eigenvalue weighted by Crippen LogP contribution is -2.58. The number of carbonyl (C=O) groups is 1. The SMILES string of the molecule is O=C(NO)[C@@H]1[C@@H]2CCO[C@@H]2CCN1S(=O)(=O)c1ccc(Oc2ccc(F)cc2)cc1. The van der Waals surface area contributed by atoms with Gasteiger partial charge in [-0.2, -0.15) is 4.31 Å². The summed E-state index contributed by atoms with van der Waals surface area (Å²) in [6, 6.07) is 10.2. The van der Waals surface area contributed by atoms with Crippen molar-refractivity contribution in [2.45, 2.75) is 29.9 Å². The molecule has 160 valence electrons. The van der Waals surface area contributed by atoms with E-state index in [0.717, 1.165) is 4.31 Å². The number of hydrogen-bond acceptors (Lipinski definition) is 6. The lowest BCUT2D eigenvalue weighted by Gasteiger charge is -2.39. The van der Waals surface area contributed by atoms with Gasteiger partial charge in [0, 0.05) is 19.1 Å². The maximum absolute atomic E-state index is 13.3. The third-order valence-corrected chi connectivity index (χ3v) is 7.36. The van der Waals surface area contributed by atoms with Crippen molar-refractivity contribution in [3.8, 4) is 11.5 Å². The standard InChI is InChI=1S/C20H21FN2O6S/c21-13-1-3-14(4-2-13)29-15-5-7-16(8-6-15)30(26,27)23-11-9-18-17(10-12-28-18)19(23)20(24)22-25/h1-8,17-19,25H,9-12H2,(H,22,24)/t17-,18-,19+/m1/s1. The number of sulfonamides is 1. The first kappa shape index (κ1) is 20.7. The van der Waals surface area contributed by atoms with Crippen LogP contribution in [-0.4, -0.2) is 49.1 Å². The van der Waals surface area contributed by atoms with Gasteiger partial charge in [0.05, 0.1) is 11.0 Å². The molecule has 8 nitrogen and oxygen atoms in total. The van der Waals surface area contributed by atoms with Gasteiger partial charge in [0.2, 0.25) is 10.0 Å². The summed E-state index contributed by atoms with van der Waals surface area (Å²) in [7, 11) is -4.00. The Morgan fingerprint density at radius 3 is 2.37 bits per heavy atom. The van der Waals surface area contributed by atoms with Crippen molar-refractivity contribution in [3.63, 3.8) is 0 Å². The molecule has 0 spiro atoms. The number of piperidine rings is 1. The summed E-state index contributed by atoms with van der Waals surface area (Å²) in [4.78, 5) is 12.3. The van der Waals surface area contributed by atoms with Crippen LogP contribution in [0.2, 0.25) is 0 Å². The predicted octanol–water partition coefficient (Wildman–Crippen LogP) is 2.29. The highest BCUT2D eigenvalue weighted by atomic mass is 32.2. The summed E-state index contributed by atoms with van der Waals surface area (Å²) >= 11 is 0. The van der Waals surface area contributed by atoms with E-state index >= 15 is 0 Å². The summed E-state index contributed by atoms with van der Waals surface area (Å²) in [5.41, 5.74) is 1.59. The number of benzene rings is 2. The zero-order chi connectivity index (χ0) is 21.3. The Labute approximate surface area is 173 Å². The smallest absolute Gasteiger partial charge is 0.262 e. The molecule has 0 aromatic heterocycles. The number of hydrogen-bond donors (Lipinski definition) is 2. The highest BCUT2D eigenvalue weighted by Crippen LogP contribution is 2.37. The van der Waals surface area contributed by atoms with E-state index in [0.29, 0.717) is 30.9 Å². The average molecular weight is 436 g/mol. The number of carbonyl (C=O) groups excluding carboxylic acids is 1.